The van der Waals surface area contributed by atoms with Crippen LogP contribution in [-0.2, 0) is 13.0 Å². The number of ether oxygens (including phenoxy) is 1. The van der Waals surface area contributed by atoms with Crippen LogP contribution in [-0.4, -0.2) is 40.3 Å². The van der Waals surface area contributed by atoms with Crippen molar-refractivity contribution in [3.05, 3.63) is 93.4 Å². The SMILES string of the molecule is CCOc1c2n(ncc1=O)CCN(CC)C2=O.Fc1cccc(Cc2cccc(F)c2)c1. The summed E-state index contributed by atoms with van der Waals surface area (Å²) in [7, 11) is 0. The molecule has 0 saturated carbocycles. The average molecular weight is 441 g/mol. The lowest BCUT2D eigenvalue weighted by atomic mass is 10.1. The van der Waals surface area contributed by atoms with Crippen LogP contribution in [0.5, 0.6) is 5.75 Å². The Morgan fingerprint density at radius 2 is 1.59 bits per heavy atom. The van der Waals surface area contributed by atoms with Gasteiger partial charge in [-0.1, -0.05) is 24.3 Å². The normalized spacial score (nSPS) is 12.6. The zero-order valence-electron chi connectivity index (χ0n) is 18.1. The van der Waals surface area contributed by atoms with Crippen molar-refractivity contribution in [1.29, 1.82) is 0 Å². The summed E-state index contributed by atoms with van der Waals surface area (Å²) < 4.78 is 32.6. The van der Waals surface area contributed by atoms with Crippen molar-refractivity contribution in [1.82, 2.24) is 14.7 Å². The standard InChI is InChI=1S/C13H10F2.C11H15N3O3/c14-12-5-1-3-10(8-12)7-11-4-2-6-13(15)9-11;1-3-13-5-6-14-9(11(13)16)10(17-4-2)8(15)7-12-14/h1-6,8-9H,7H2;7H,3-6H2,1-2H3. The van der Waals surface area contributed by atoms with Crippen molar-refractivity contribution >= 4 is 5.91 Å². The van der Waals surface area contributed by atoms with Gasteiger partial charge in [0.25, 0.3) is 5.91 Å². The van der Waals surface area contributed by atoms with Crippen LogP contribution in [0.3, 0.4) is 0 Å². The van der Waals surface area contributed by atoms with E-state index in [0.29, 0.717) is 32.7 Å². The highest BCUT2D eigenvalue weighted by atomic mass is 19.1. The molecular weight excluding hydrogens is 416 g/mol. The van der Waals surface area contributed by atoms with Crippen LogP contribution < -0.4 is 10.2 Å². The first-order chi connectivity index (χ1) is 15.4. The molecule has 0 N–H and O–H groups in total. The summed E-state index contributed by atoms with van der Waals surface area (Å²) in [5.41, 5.74) is 1.62. The summed E-state index contributed by atoms with van der Waals surface area (Å²) in [6.07, 6.45) is 1.75. The number of carbonyl (C=O) groups is 1. The van der Waals surface area contributed by atoms with Crippen molar-refractivity contribution in [3.8, 4) is 5.75 Å². The third-order valence-corrected chi connectivity index (χ3v) is 4.94. The Balaban J connectivity index is 0.000000182. The van der Waals surface area contributed by atoms with E-state index < -0.39 is 0 Å². The molecule has 1 aliphatic rings. The molecule has 0 aliphatic carbocycles. The zero-order valence-corrected chi connectivity index (χ0v) is 18.1. The fourth-order valence-corrected chi connectivity index (χ4v) is 3.43. The number of aromatic nitrogens is 2. The van der Waals surface area contributed by atoms with Crippen molar-refractivity contribution in [2.24, 2.45) is 0 Å². The number of halogens is 2. The molecule has 2 heterocycles. The average Bonchev–Trinajstić information content (AvgIpc) is 2.76. The first-order valence-electron chi connectivity index (χ1n) is 10.4. The fourth-order valence-electron chi connectivity index (χ4n) is 3.43. The number of hydrogen-bond acceptors (Lipinski definition) is 4. The smallest absolute Gasteiger partial charge is 0.276 e. The van der Waals surface area contributed by atoms with Gasteiger partial charge in [0, 0.05) is 13.1 Å². The molecule has 0 unspecified atom stereocenters. The highest BCUT2D eigenvalue weighted by Gasteiger charge is 2.28. The molecule has 0 saturated heterocycles. The number of likely N-dealkylation sites (N-methyl/N-ethyl adjacent to an activating group) is 1. The Hall–Kier alpha value is -3.55. The highest BCUT2D eigenvalue weighted by Crippen LogP contribution is 2.18. The van der Waals surface area contributed by atoms with E-state index in [1.165, 1.54) is 30.5 Å². The number of rotatable bonds is 5. The number of nitrogens with zero attached hydrogens (tertiary/aromatic N) is 3. The van der Waals surface area contributed by atoms with Crippen LogP contribution in [0.1, 0.15) is 35.5 Å². The van der Waals surface area contributed by atoms with E-state index in [9.17, 15) is 18.4 Å². The van der Waals surface area contributed by atoms with E-state index in [2.05, 4.69) is 5.10 Å². The van der Waals surface area contributed by atoms with Gasteiger partial charge in [0.05, 0.1) is 19.3 Å². The molecule has 0 bridgehead atoms. The van der Waals surface area contributed by atoms with Crippen molar-refractivity contribution < 1.29 is 18.3 Å². The summed E-state index contributed by atoms with van der Waals surface area (Å²) in [6.45, 7) is 5.86. The molecule has 32 heavy (non-hydrogen) atoms. The van der Waals surface area contributed by atoms with Gasteiger partial charge >= 0.3 is 0 Å². The molecule has 1 aromatic heterocycles. The van der Waals surface area contributed by atoms with E-state index in [1.54, 1.807) is 28.6 Å². The molecule has 0 spiro atoms. The van der Waals surface area contributed by atoms with Crippen LogP contribution in [0.4, 0.5) is 8.78 Å². The molecule has 4 rings (SSSR count). The summed E-state index contributed by atoms with van der Waals surface area (Å²) >= 11 is 0. The molecule has 1 amide bonds. The van der Waals surface area contributed by atoms with Crippen molar-refractivity contribution in [3.63, 3.8) is 0 Å². The number of benzene rings is 2. The minimum absolute atomic E-state index is 0.116. The predicted molar refractivity (Wildman–Crippen MR) is 117 cm³/mol. The van der Waals surface area contributed by atoms with Crippen LogP contribution in [0, 0.1) is 11.6 Å². The third-order valence-electron chi connectivity index (χ3n) is 4.94. The summed E-state index contributed by atoms with van der Waals surface area (Å²) in [6, 6.07) is 12.7. The zero-order chi connectivity index (χ0) is 23.1. The molecule has 0 atom stereocenters. The summed E-state index contributed by atoms with van der Waals surface area (Å²) in [5, 5.41) is 3.96. The first kappa shape index (κ1) is 23.1. The molecule has 3 aromatic rings. The highest BCUT2D eigenvalue weighted by molar-refractivity contribution is 5.95. The monoisotopic (exact) mass is 441 g/mol. The second kappa shape index (κ2) is 10.7. The molecule has 0 radical (unpaired) electrons. The van der Waals surface area contributed by atoms with Gasteiger partial charge in [-0.05, 0) is 55.7 Å². The molecule has 168 valence electrons. The predicted octanol–water partition coefficient (Wildman–Crippen LogP) is 3.67. The quantitative estimate of drug-likeness (QED) is 0.606. The van der Waals surface area contributed by atoms with Crippen molar-refractivity contribution in [2.75, 3.05) is 19.7 Å². The van der Waals surface area contributed by atoms with Gasteiger partial charge < -0.3 is 9.64 Å². The van der Waals surface area contributed by atoms with Gasteiger partial charge in [-0.3, -0.25) is 14.3 Å². The number of carbonyl (C=O) groups excluding carboxylic acids is 1. The molecule has 0 fully saturated rings. The largest absolute Gasteiger partial charge is 0.488 e. The number of amides is 1. The van der Waals surface area contributed by atoms with Gasteiger partial charge in [0.2, 0.25) is 5.43 Å². The lowest BCUT2D eigenvalue weighted by Crippen LogP contribution is -2.42. The Bertz CT molecular complexity index is 1100. The number of fused-ring (bicyclic) bond motifs is 1. The minimum Gasteiger partial charge on any atom is -0.488 e. The summed E-state index contributed by atoms with van der Waals surface area (Å²) in [4.78, 5) is 25.5. The van der Waals surface area contributed by atoms with Gasteiger partial charge in [0.15, 0.2) is 11.4 Å². The fraction of sp³-hybridized carbons (Fsp3) is 0.292. The minimum atomic E-state index is -0.343. The number of hydrogen-bond donors (Lipinski definition) is 0. The molecule has 6 nitrogen and oxygen atoms in total. The Kier molecular flexibility index (Phi) is 7.70. The second-order valence-corrected chi connectivity index (χ2v) is 7.16. The van der Waals surface area contributed by atoms with Gasteiger partial charge in [-0.2, -0.15) is 5.10 Å². The maximum atomic E-state index is 12.9. The van der Waals surface area contributed by atoms with E-state index >= 15 is 0 Å². The molecule has 1 aliphatic heterocycles. The second-order valence-electron chi connectivity index (χ2n) is 7.16. The van der Waals surface area contributed by atoms with Crippen LogP contribution in [0.15, 0.2) is 59.5 Å². The first-order valence-corrected chi connectivity index (χ1v) is 10.4. The lowest BCUT2D eigenvalue weighted by molar-refractivity contribution is 0.0696. The molecule has 8 heteroatoms. The van der Waals surface area contributed by atoms with Crippen molar-refractivity contribution in [2.45, 2.75) is 26.8 Å². The molecule has 2 aromatic carbocycles. The maximum Gasteiger partial charge on any atom is 0.276 e. The van der Waals surface area contributed by atoms with Gasteiger partial charge in [-0.15, -0.1) is 0 Å². The summed E-state index contributed by atoms with van der Waals surface area (Å²) in [5.74, 6) is -0.592. The molecular formula is C24H25F2N3O3. The van der Waals surface area contributed by atoms with Crippen LogP contribution >= 0.6 is 0 Å². The Morgan fingerprint density at radius 1 is 0.969 bits per heavy atom. The van der Waals surface area contributed by atoms with Gasteiger partial charge in [0.1, 0.15) is 11.6 Å². The van der Waals surface area contributed by atoms with E-state index in [0.717, 1.165) is 11.1 Å². The van der Waals surface area contributed by atoms with E-state index in [-0.39, 0.29) is 34.4 Å². The van der Waals surface area contributed by atoms with E-state index in [1.807, 2.05) is 19.1 Å². The van der Waals surface area contributed by atoms with Gasteiger partial charge in [-0.25, -0.2) is 8.78 Å². The maximum absolute atomic E-state index is 12.9. The topological polar surface area (TPSA) is 64.4 Å². The lowest BCUT2D eigenvalue weighted by Gasteiger charge is -2.28. The third kappa shape index (κ3) is 5.57. The van der Waals surface area contributed by atoms with E-state index in [4.69, 9.17) is 4.74 Å². The Morgan fingerprint density at radius 3 is 2.12 bits per heavy atom. The van der Waals surface area contributed by atoms with Crippen LogP contribution in [0.25, 0.3) is 0 Å². The van der Waals surface area contributed by atoms with Crippen LogP contribution in [0.2, 0.25) is 0 Å². The Labute approximate surface area is 185 Å².